The molecule has 4 N–H and O–H groups in total. The standard InChI is InChI=1S/C11H22N2O3/c1-2-4-11(5-3-6-12-11)10(16)13-9(7-14)8-15/h9,12,14-15H,2-8H2,1H3,(H,13,16). The molecule has 0 aromatic rings. The van der Waals surface area contributed by atoms with Crippen molar-refractivity contribution >= 4 is 5.91 Å². The molecule has 1 unspecified atom stereocenters. The molecule has 94 valence electrons. The summed E-state index contributed by atoms with van der Waals surface area (Å²) in [6, 6.07) is -0.552. The topological polar surface area (TPSA) is 81.6 Å². The second kappa shape index (κ2) is 6.18. The van der Waals surface area contributed by atoms with Crippen LogP contribution in [0.3, 0.4) is 0 Å². The predicted molar refractivity (Wildman–Crippen MR) is 61.0 cm³/mol. The van der Waals surface area contributed by atoms with E-state index < -0.39 is 11.6 Å². The summed E-state index contributed by atoms with van der Waals surface area (Å²) in [6.45, 7) is 2.44. The van der Waals surface area contributed by atoms with E-state index in [0.717, 1.165) is 32.2 Å². The van der Waals surface area contributed by atoms with Crippen molar-refractivity contribution < 1.29 is 15.0 Å². The first-order valence-corrected chi connectivity index (χ1v) is 5.96. The van der Waals surface area contributed by atoms with Gasteiger partial charge in [-0.25, -0.2) is 0 Å². The highest BCUT2D eigenvalue weighted by Crippen LogP contribution is 2.24. The van der Waals surface area contributed by atoms with Gasteiger partial charge in [-0.2, -0.15) is 0 Å². The Kier molecular flexibility index (Phi) is 5.18. The Labute approximate surface area is 96.2 Å². The molecule has 1 rings (SSSR count). The third-order valence-corrected chi connectivity index (χ3v) is 3.13. The predicted octanol–water partition coefficient (Wildman–Crippen LogP) is -0.622. The van der Waals surface area contributed by atoms with E-state index in [1.807, 2.05) is 6.92 Å². The maximum atomic E-state index is 12.1. The lowest BCUT2D eigenvalue weighted by Crippen LogP contribution is -2.56. The second-order valence-electron chi connectivity index (χ2n) is 4.40. The van der Waals surface area contributed by atoms with Crippen LogP contribution in [-0.2, 0) is 4.79 Å². The van der Waals surface area contributed by atoms with Gasteiger partial charge in [0.05, 0.1) is 24.8 Å². The largest absolute Gasteiger partial charge is 0.394 e. The van der Waals surface area contributed by atoms with Crippen LogP contribution in [0, 0.1) is 0 Å². The molecular formula is C11H22N2O3. The maximum absolute atomic E-state index is 12.1. The zero-order valence-corrected chi connectivity index (χ0v) is 9.83. The van der Waals surface area contributed by atoms with Gasteiger partial charge in [-0.3, -0.25) is 4.79 Å². The zero-order chi connectivity index (χ0) is 12.0. The number of rotatable bonds is 6. The summed E-state index contributed by atoms with van der Waals surface area (Å²) in [6.07, 6.45) is 3.55. The lowest BCUT2D eigenvalue weighted by Gasteiger charge is -2.29. The molecule has 1 fully saturated rings. The third-order valence-electron chi connectivity index (χ3n) is 3.13. The van der Waals surface area contributed by atoms with Gasteiger partial charge in [-0.1, -0.05) is 13.3 Å². The highest BCUT2D eigenvalue weighted by molar-refractivity contribution is 5.87. The van der Waals surface area contributed by atoms with Gasteiger partial charge in [0.25, 0.3) is 0 Å². The number of carbonyl (C=O) groups is 1. The molecule has 0 aliphatic carbocycles. The molecule has 1 saturated heterocycles. The van der Waals surface area contributed by atoms with Crippen molar-refractivity contribution in [2.75, 3.05) is 19.8 Å². The first-order valence-electron chi connectivity index (χ1n) is 5.96. The highest BCUT2D eigenvalue weighted by atomic mass is 16.3. The van der Waals surface area contributed by atoms with Crippen LogP contribution >= 0.6 is 0 Å². The molecule has 1 amide bonds. The van der Waals surface area contributed by atoms with Gasteiger partial charge in [0.2, 0.25) is 5.91 Å². The van der Waals surface area contributed by atoms with E-state index >= 15 is 0 Å². The number of amides is 1. The van der Waals surface area contributed by atoms with Crippen LogP contribution in [-0.4, -0.2) is 47.5 Å². The molecule has 0 saturated carbocycles. The van der Waals surface area contributed by atoms with E-state index in [4.69, 9.17) is 10.2 Å². The smallest absolute Gasteiger partial charge is 0.240 e. The number of aliphatic hydroxyl groups is 2. The Bertz CT molecular complexity index is 223. The molecule has 1 atom stereocenters. The summed E-state index contributed by atoms with van der Waals surface area (Å²) in [5.74, 6) is -0.0973. The first kappa shape index (κ1) is 13.4. The van der Waals surface area contributed by atoms with E-state index in [2.05, 4.69) is 10.6 Å². The van der Waals surface area contributed by atoms with Crippen LogP contribution in [0.15, 0.2) is 0 Å². The summed E-state index contributed by atoms with van der Waals surface area (Å²) in [5, 5.41) is 23.8. The van der Waals surface area contributed by atoms with Crippen LogP contribution < -0.4 is 10.6 Å². The molecule has 1 heterocycles. The number of hydrogen-bond donors (Lipinski definition) is 4. The molecule has 0 bridgehead atoms. The van der Waals surface area contributed by atoms with Crippen molar-refractivity contribution in [3.63, 3.8) is 0 Å². The Morgan fingerprint density at radius 1 is 1.50 bits per heavy atom. The number of aliphatic hydroxyl groups excluding tert-OH is 2. The van der Waals surface area contributed by atoms with E-state index in [9.17, 15) is 4.79 Å². The van der Waals surface area contributed by atoms with Crippen molar-refractivity contribution in [2.24, 2.45) is 0 Å². The molecule has 16 heavy (non-hydrogen) atoms. The summed E-state index contributed by atoms with van der Waals surface area (Å²) in [7, 11) is 0. The molecule has 0 spiro atoms. The highest BCUT2D eigenvalue weighted by Gasteiger charge is 2.40. The molecule has 5 nitrogen and oxygen atoms in total. The van der Waals surface area contributed by atoms with Crippen LogP contribution in [0.5, 0.6) is 0 Å². The van der Waals surface area contributed by atoms with Gasteiger partial charge in [0.1, 0.15) is 0 Å². The average Bonchev–Trinajstić information content (AvgIpc) is 2.76. The van der Waals surface area contributed by atoms with Gasteiger partial charge in [-0.05, 0) is 25.8 Å². The summed E-state index contributed by atoms with van der Waals surface area (Å²) in [5.41, 5.74) is -0.489. The quantitative estimate of drug-likeness (QED) is 0.490. The van der Waals surface area contributed by atoms with E-state index in [-0.39, 0.29) is 19.1 Å². The fraction of sp³-hybridized carbons (Fsp3) is 0.909. The van der Waals surface area contributed by atoms with Crippen molar-refractivity contribution in [1.29, 1.82) is 0 Å². The van der Waals surface area contributed by atoms with Gasteiger partial charge in [0, 0.05) is 0 Å². The van der Waals surface area contributed by atoms with Gasteiger partial charge < -0.3 is 20.8 Å². The maximum Gasteiger partial charge on any atom is 0.240 e. The Hall–Kier alpha value is -0.650. The Balaban J connectivity index is 2.60. The summed E-state index contributed by atoms with van der Waals surface area (Å²) in [4.78, 5) is 12.1. The summed E-state index contributed by atoms with van der Waals surface area (Å²) >= 11 is 0. The molecular weight excluding hydrogens is 208 g/mol. The number of hydrogen-bond acceptors (Lipinski definition) is 4. The molecule has 5 heteroatoms. The minimum Gasteiger partial charge on any atom is -0.394 e. The van der Waals surface area contributed by atoms with Crippen LogP contribution in [0.1, 0.15) is 32.6 Å². The van der Waals surface area contributed by atoms with E-state index in [1.165, 1.54) is 0 Å². The van der Waals surface area contributed by atoms with Gasteiger partial charge in [0.15, 0.2) is 0 Å². The second-order valence-corrected chi connectivity index (χ2v) is 4.40. The van der Waals surface area contributed by atoms with E-state index in [0.29, 0.717) is 0 Å². The van der Waals surface area contributed by atoms with E-state index in [1.54, 1.807) is 0 Å². The minimum atomic E-state index is -0.552. The fourth-order valence-corrected chi connectivity index (χ4v) is 2.23. The lowest BCUT2D eigenvalue weighted by molar-refractivity contribution is -0.128. The van der Waals surface area contributed by atoms with Crippen molar-refractivity contribution in [3.8, 4) is 0 Å². The summed E-state index contributed by atoms with van der Waals surface area (Å²) < 4.78 is 0. The van der Waals surface area contributed by atoms with Crippen LogP contribution in [0.2, 0.25) is 0 Å². The Morgan fingerprint density at radius 3 is 2.62 bits per heavy atom. The molecule has 1 aliphatic heterocycles. The zero-order valence-electron chi connectivity index (χ0n) is 9.83. The van der Waals surface area contributed by atoms with Crippen molar-refractivity contribution in [1.82, 2.24) is 10.6 Å². The monoisotopic (exact) mass is 230 g/mol. The SMILES string of the molecule is CCCC1(C(=O)NC(CO)CO)CCCN1. The minimum absolute atomic E-state index is 0.0973. The molecule has 1 aliphatic rings. The molecule has 0 radical (unpaired) electrons. The molecule has 0 aromatic carbocycles. The normalized spacial score (nSPS) is 25.0. The lowest BCUT2D eigenvalue weighted by atomic mass is 9.90. The van der Waals surface area contributed by atoms with Crippen molar-refractivity contribution in [3.05, 3.63) is 0 Å². The first-order chi connectivity index (χ1) is 7.68. The number of nitrogens with one attached hydrogen (secondary N) is 2. The Morgan fingerprint density at radius 2 is 2.19 bits per heavy atom. The van der Waals surface area contributed by atoms with Crippen LogP contribution in [0.25, 0.3) is 0 Å². The van der Waals surface area contributed by atoms with Crippen LogP contribution in [0.4, 0.5) is 0 Å². The fourth-order valence-electron chi connectivity index (χ4n) is 2.23. The average molecular weight is 230 g/mol. The van der Waals surface area contributed by atoms with Gasteiger partial charge >= 0.3 is 0 Å². The number of carbonyl (C=O) groups excluding carboxylic acids is 1. The van der Waals surface area contributed by atoms with Gasteiger partial charge in [-0.15, -0.1) is 0 Å². The third kappa shape index (κ3) is 2.93. The molecule has 0 aromatic heterocycles. The van der Waals surface area contributed by atoms with Crippen molar-refractivity contribution in [2.45, 2.75) is 44.2 Å².